The predicted molar refractivity (Wildman–Crippen MR) is 98.7 cm³/mol. The summed E-state index contributed by atoms with van der Waals surface area (Å²) in [4.78, 5) is 11.8. The summed E-state index contributed by atoms with van der Waals surface area (Å²) >= 11 is 0. The van der Waals surface area contributed by atoms with Gasteiger partial charge in [0.25, 0.3) is 0 Å². The molecule has 6 heteroatoms. The third-order valence-corrected chi connectivity index (χ3v) is 6.71. The van der Waals surface area contributed by atoms with Crippen LogP contribution in [-0.4, -0.2) is 37.8 Å². The molecule has 0 unspecified atom stereocenters. The van der Waals surface area contributed by atoms with E-state index in [1.165, 1.54) is 11.2 Å². The second-order valence-electron chi connectivity index (χ2n) is 6.66. The number of amides is 1. The first-order chi connectivity index (χ1) is 11.9. The number of hydrogen-bond acceptors (Lipinski definition) is 3. The van der Waals surface area contributed by atoms with Gasteiger partial charge in [0.05, 0.1) is 4.90 Å². The van der Waals surface area contributed by atoms with Crippen LogP contribution in [0, 0.1) is 5.92 Å². The maximum absolute atomic E-state index is 13.2. The van der Waals surface area contributed by atoms with E-state index in [2.05, 4.69) is 12.2 Å². The lowest BCUT2D eigenvalue weighted by Crippen LogP contribution is -2.39. The fourth-order valence-electron chi connectivity index (χ4n) is 3.68. The van der Waals surface area contributed by atoms with Crippen LogP contribution in [-0.2, 0) is 14.8 Å². The van der Waals surface area contributed by atoms with Crippen molar-refractivity contribution in [1.29, 1.82) is 0 Å². The Balaban J connectivity index is 1.95. The number of carbonyl (C=O) groups is 1. The molecule has 5 nitrogen and oxygen atoms in total. The molecule has 2 aromatic carbocycles. The van der Waals surface area contributed by atoms with Gasteiger partial charge in [-0.2, -0.15) is 4.31 Å². The number of sulfonamides is 1. The molecule has 1 fully saturated rings. The van der Waals surface area contributed by atoms with E-state index in [4.69, 9.17) is 0 Å². The van der Waals surface area contributed by atoms with Crippen LogP contribution >= 0.6 is 0 Å². The topological polar surface area (TPSA) is 66.5 Å². The zero-order chi connectivity index (χ0) is 18.0. The average molecular weight is 360 g/mol. The maximum Gasteiger partial charge on any atom is 0.243 e. The molecule has 0 aromatic heterocycles. The minimum atomic E-state index is -3.60. The second kappa shape index (κ2) is 7.14. The largest absolute Gasteiger partial charge is 0.352 e. The Bertz CT molecular complexity index is 874. The van der Waals surface area contributed by atoms with Crippen molar-refractivity contribution in [3.8, 4) is 0 Å². The molecule has 1 aliphatic rings. The zero-order valence-electron chi connectivity index (χ0n) is 14.6. The van der Waals surface area contributed by atoms with Crippen molar-refractivity contribution in [2.45, 2.75) is 37.6 Å². The summed E-state index contributed by atoms with van der Waals surface area (Å²) in [6.45, 7) is 4.33. The zero-order valence-corrected chi connectivity index (χ0v) is 15.4. The normalized spacial score (nSPS) is 21.5. The fourth-order valence-corrected chi connectivity index (χ4v) is 5.41. The van der Waals surface area contributed by atoms with E-state index in [1.54, 1.807) is 12.1 Å². The monoisotopic (exact) mass is 360 g/mol. The third kappa shape index (κ3) is 3.55. The minimum Gasteiger partial charge on any atom is -0.352 e. The smallest absolute Gasteiger partial charge is 0.243 e. The minimum absolute atomic E-state index is 0.115. The predicted octanol–water partition coefficient (Wildman–Crippen LogP) is 2.77. The molecule has 134 valence electrons. The van der Waals surface area contributed by atoms with Crippen LogP contribution in [0.3, 0.4) is 0 Å². The molecule has 25 heavy (non-hydrogen) atoms. The van der Waals surface area contributed by atoms with Gasteiger partial charge >= 0.3 is 0 Å². The molecule has 0 radical (unpaired) electrons. The van der Waals surface area contributed by atoms with Gasteiger partial charge in [0.15, 0.2) is 0 Å². The van der Waals surface area contributed by atoms with E-state index < -0.39 is 10.0 Å². The number of nitrogens with one attached hydrogen (secondary N) is 1. The Morgan fingerprint density at radius 1 is 1.16 bits per heavy atom. The van der Waals surface area contributed by atoms with Gasteiger partial charge in [-0.15, -0.1) is 0 Å². The molecule has 0 bridgehead atoms. The third-order valence-electron chi connectivity index (χ3n) is 4.82. The van der Waals surface area contributed by atoms with Crippen LogP contribution in [0.4, 0.5) is 0 Å². The molecule has 1 N–H and O–H groups in total. The Morgan fingerprint density at radius 2 is 1.88 bits per heavy atom. The number of carbonyl (C=O) groups excluding carboxylic acids is 1. The Labute approximate surface area is 149 Å². The van der Waals surface area contributed by atoms with Crippen molar-refractivity contribution in [3.63, 3.8) is 0 Å². The number of rotatable bonds is 5. The Morgan fingerprint density at radius 3 is 2.60 bits per heavy atom. The van der Waals surface area contributed by atoms with Gasteiger partial charge in [-0.1, -0.05) is 49.7 Å². The summed E-state index contributed by atoms with van der Waals surface area (Å²) in [6, 6.07) is 12.7. The first kappa shape index (κ1) is 17.9. The Hall–Kier alpha value is -1.92. The Kier molecular flexibility index (Phi) is 5.11. The highest BCUT2D eigenvalue weighted by atomic mass is 32.2. The van der Waals surface area contributed by atoms with Crippen LogP contribution in [0.1, 0.15) is 26.7 Å². The number of nitrogens with zero attached hydrogens (tertiary/aromatic N) is 1. The average Bonchev–Trinajstić information content (AvgIpc) is 2.97. The van der Waals surface area contributed by atoms with Crippen molar-refractivity contribution in [3.05, 3.63) is 42.5 Å². The summed E-state index contributed by atoms with van der Waals surface area (Å²) in [5, 5.41) is 4.57. The first-order valence-electron chi connectivity index (χ1n) is 8.68. The van der Waals surface area contributed by atoms with Gasteiger partial charge in [0.2, 0.25) is 15.9 Å². The van der Waals surface area contributed by atoms with Gasteiger partial charge in [-0.25, -0.2) is 8.42 Å². The summed E-state index contributed by atoms with van der Waals surface area (Å²) in [7, 11) is -3.60. The summed E-state index contributed by atoms with van der Waals surface area (Å²) in [5.41, 5.74) is 0. The fraction of sp³-hybridized carbons (Fsp3) is 0.421. The van der Waals surface area contributed by atoms with Crippen LogP contribution in [0.25, 0.3) is 10.8 Å². The summed E-state index contributed by atoms with van der Waals surface area (Å²) < 4.78 is 28.0. The molecule has 1 amide bonds. The highest BCUT2D eigenvalue weighted by molar-refractivity contribution is 7.89. The molecule has 1 heterocycles. The lowest BCUT2D eigenvalue weighted by Gasteiger charge is -2.18. The van der Waals surface area contributed by atoms with Crippen molar-refractivity contribution in [2.75, 3.05) is 13.1 Å². The van der Waals surface area contributed by atoms with E-state index in [-0.39, 0.29) is 17.9 Å². The summed E-state index contributed by atoms with van der Waals surface area (Å²) in [5.74, 6) is 0.0363. The van der Waals surface area contributed by atoms with Crippen molar-refractivity contribution < 1.29 is 13.2 Å². The molecule has 0 saturated carbocycles. The molecule has 1 saturated heterocycles. The van der Waals surface area contributed by atoms with Gasteiger partial charge < -0.3 is 5.32 Å². The van der Waals surface area contributed by atoms with Crippen LogP contribution in [0.5, 0.6) is 0 Å². The van der Waals surface area contributed by atoms with Crippen LogP contribution in [0.15, 0.2) is 47.4 Å². The van der Waals surface area contributed by atoms with Crippen molar-refractivity contribution in [1.82, 2.24) is 9.62 Å². The molecule has 0 spiro atoms. The van der Waals surface area contributed by atoms with Crippen molar-refractivity contribution in [2.24, 2.45) is 5.92 Å². The van der Waals surface area contributed by atoms with Crippen LogP contribution in [0.2, 0.25) is 0 Å². The first-order valence-corrected chi connectivity index (χ1v) is 10.1. The van der Waals surface area contributed by atoms with Crippen LogP contribution < -0.4 is 5.32 Å². The quantitative estimate of drug-likeness (QED) is 0.892. The molecular weight excluding hydrogens is 336 g/mol. The molecule has 2 atom stereocenters. The molecular formula is C19H24N2O3S. The van der Waals surface area contributed by atoms with Gasteiger partial charge in [0, 0.05) is 31.4 Å². The lowest BCUT2D eigenvalue weighted by atomic mass is 9.98. The van der Waals surface area contributed by atoms with Gasteiger partial charge in [-0.05, 0) is 23.8 Å². The number of benzene rings is 2. The maximum atomic E-state index is 13.2. The second-order valence-corrected chi connectivity index (χ2v) is 8.56. The lowest BCUT2D eigenvalue weighted by molar-refractivity contribution is -0.119. The standard InChI is InChI=1S/C19H24N2O3S/c1-3-7-16-12-21(13-18(16)20-14(2)22)25(23,24)19-11-6-9-15-8-4-5-10-17(15)19/h4-6,8-11,16,18H,3,7,12-13H2,1-2H3,(H,20,22)/t16-,18-/m1/s1. The highest BCUT2D eigenvalue weighted by Crippen LogP contribution is 2.31. The van der Waals surface area contributed by atoms with E-state index >= 15 is 0 Å². The SMILES string of the molecule is CCC[C@@H]1CN(S(=O)(=O)c2cccc3ccccc23)C[C@H]1NC(C)=O. The summed E-state index contributed by atoms with van der Waals surface area (Å²) in [6.07, 6.45) is 1.86. The number of fused-ring (bicyclic) bond motifs is 1. The van der Waals surface area contributed by atoms with Crippen molar-refractivity contribution >= 4 is 26.7 Å². The van der Waals surface area contributed by atoms with Gasteiger partial charge in [0.1, 0.15) is 0 Å². The molecule has 3 rings (SSSR count). The highest BCUT2D eigenvalue weighted by Gasteiger charge is 2.39. The molecule has 2 aromatic rings. The number of hydrogen-bond donors (Lipinski definition) is 1. The van der Waals surface area contributed by atoms with Gasteiger partial charge in [-0.3, -0.25) is 4.79 Å². The van der Waals surface area contributed by atoms with E-state index in [9.17, 15) is 13.2 Å². The van der Waals surface area contributed by atoms with E-state index in [0.717, 1.165) is 23.6 Å². The van der Waals surface area contributed by atoms with E-state index in [1.807, 2.05) is 30.3 Å². The van der Waals surface area contributed by atoms with E-state index in [0.29, 0.717) is 18.0 Å². The molecule has 0 aliphatic carbocycles. The molecule has 1 aliphatic heterocycles.